The van der Waals surface area contributed by atoms with Crippen molar-refractivity contribution in [3.63, 3.8) is 0 Å². The van der Waals surface area contributed by atoms with Crippen LogP contribution < -0.4 is 4.74 Å². The van der Waals surface area contributed by atoms with E-state index in [-0.39, 0.29) is 11.1 Å². The Morgan fingerprint density at radius 2 is 1.61 bits per heavy atom. The minimum atomic E-state index is -0.226. The fraction of sp³-hybridized carbons (Fsp3) is 0.517. The first-order valence-corrected chi connectivity index (χ1v) is 12.5. The van der Waals surface area contributed by atoms with E-state index in [1.165, 1.54) is 40.7 Å². The molecule has 4 nitrogen and oxygen atoms in total. The molecule has 0 atom stereocenters. The van der Waals surface area contributed by atoms with Crippen molar-refractivity contribution in [3.8, 4) is 28.3 Å². The van der Waals surface area contributed by atoms with Crippen LogP contribution in [0.1, 0.15) is 84.4 Å². The van der Waals surface area contributed by atoms with E-state index in [2.05, 4.69) is 89.5 Å². The van der Waals surface area contributed by atoms with E-state index in [0.29, 0.717) is 0 Å². The zero-order chi connectivity index (χ0) is 23.8. The van der Waals surface area contributed by atoms with Gasteiger partial charge >= 0.3 is 0 Å². The van der Waals surface area contributed by atoms with Crippen molar-refractivity contribution in [2.45, 2.75) is 98.1 Å². The van der Waals surface area contributed by atoms with E-state index in [4.69, 9.17) is 15.0 Å². The Labute approximate surface area is 199 Å². The lowest BCUT2D eigenvalue weighted by molar-refractivity contribution is 0.131. The van der Waals surface area contributed by atoms with Crippen LogP contribution in [0.15, 0.2) is 36.4 Å². The Kier molecular flexibility index (Phi) is 6.39. The molecule has 0 unspecified atom stereocenters. The highest BCUT2D eigenvalue weighted by atomic mass is 16.5. The van der Waals surface area contributed by atoms with Crippen LogP contribution in [0, 0.1) is 0 Å². The zero-order valence-electron chi connectivity index (χ0n) is 21.5. The van der Waals surface area contributed by atoms with Crippen LogP contribution >= 0.6 is 0 Å². The summed E-state index contributed by atoms with van der Waals surface area (Å²) in [5.74, 6) is 0.918. The van der Waals surface area contributed by atoms with Gasteiger partial charge in [0.2, 0.25) is 0 Å². The first-order chi connectivity index (χ1) is 15.6. The quantitative estimate of drug-likeness (QED) is 0.397. The van der Waals surface area contributed by atoms with Gasteiger partial charge in [0.05, 0.1) is 11.2 Å². The molecule has 1 aliphatic carbocycles. The summed E-state index contributed by atoms with van der Waals surface area (Å²) in [6.45, 7) is 15.2. The number of hydrogen-bond donors (Lipinski definition) is 0. The van der Waals surface area contributed by atoms with E-state index in [0.717, 1.165) is 42.8 Å². The largest absolute Gasteiger partial charge is 0.488 e. The fourth-order valence-corrected chi connectivity index (χ4v) is 4.59. The molecule has 0 spiro atoms. The number of nitrogens with zero attached hydrogens (tertiary/aromatic N) is 3. The number of benzene rings is 2. The second-order valence-electron chi connectivity index (χ2n) is 11.0. The third-order valence-corrected chi connectivity index (χ3v) is 6.77. The minimum absolute atomic E-state index is 0.118. The monoisotopic (exact) mass is 445 g/mol. The van der Waals surface area contributed by atoms with Crippen molar-refractivity contribution < 1.29 is 4.74 Å². The van der Waals surface area contributed by atoms with Crippen molar-refractivity contribution in [1.29, 1.82) is 0 Å². The molecule has 0 fully saturated rings. The van der Waals surface area contributed by atoms with Crippen LogP contribution in [0.2, 0.25) is 0 Å². The number of aromatic nitrogens is 3. The molecular formula is C29H39N3O. The van der Waals surface area contributed by atoms with Crippen molar-refractivity contribution in [2.24, 2.45) is 0 Å². The molecule has 1 heterocycles. The number of rotatable bonds is 6. The first kappa shape index (κ1) is 23.5. The number of hydrogen-bond acceptors (Lipinski definition) is 3. The third-order valence-electron chi connectivity index (χ3n) is 6.77. The Morgan fingerprint density at radius 3 is 2.27 bits per heavy atom. The van der Waals surface area contributed by atoms with Crippen molar-refractivity contribution in [1.82, 2.24) is 15.0 Å². The van der Waals surface area contributed by atoms with Crippen molar-refractivity contribution >= 4 is 0 Å². The van der Waals surface area contributed by atoms with Gasteiger partial charge in [-0.3, -0.25) is 0 Å². The van der Waals surface area contributed by atoms with Gasteiger partial charge in [0, 0.05) is 11.1 Å². The predicted octanol–water partition coefficient (Wildman–Crippen LogP) is 7.38. The van der Waals surface area contributed by atoms with Gasteiger partial charge in [-0.25, -0.2) is 4.68 Å². The summed E-state index contributed by atoms with van der Waals surface area (Å²) in [5.41, 5.74) is 8.33. The summed E-state index contributed by atoms with van der Waals surface area (Å²) in [6, 6.07) is 13.5. The highest BCUT2D eigenvalue weighted by Gasteiger charge is 2.30. The molecular weight excluding hydrogens is 406 g/mol. The molecule has 0 bridgehead atoms. The van der Waals surface area contributed by atoms with Crippen LogP contribution in [0.5, 0.6) is 5.75 Å². The van der Waals surface area contributed by atoms with Gasteiger partial charge in [0.15, 0.2) is 0 Å². The average molecular weight is 446 g/mol. The molecule has 2 aromatic carbocycles. The maximum Gasteiger partial charge on any atom is 0.121 e. The van der Waals surface area contributed by atoms with E-state index in [9.17, 15) is 0 Å². The SMILES string of the molecule is CCCCc1ccc2c(c1)CCc1cc(OC(C)(C)C)ccc1-c1nnn(C(C)(C)CC)c1-2. The molecule has 4 heteroatoms. The van der Waals surface area contributed by atoms with Crippen LogP contribution in [0.25, 0.3) is 22.5 Å². The molecule has 33 heavy (non-hydrogen) atoms. The van der Waals surface area contributed by atoms with Gasteiger partial charge in [0.25, 0.3) is 0 Å². The number of ether oxygens (including phenoxy) is 1. The van der Waals surface area contributed by atoms with Crippen LogP contribution in [0.4, 0.5) is 0 Å². The summed E-state index contributed by atoms with van der Waals surface area (Å²) in [5, 5.41) is 9.47. The second kappa shape index (κ2) is 8.96. The predicted molar refractivity (Wildman–Crippen MR) is 137 cm³/mol. The van der Waals surface area contributed by atoms with E-state index in [1.807, 2.05) is 0 Å². The maximum absolute atomic E-state index is 6.20. The standard InChI is InChI=1S/C29H39N3O/c1-8-10-11-20-12-16-25-21(18-20)13-14-22-19-23(33-28(3,4)5)15-17-24(22)26-27(25)32(31-30-26)29(6,7)9-2/h12,15-19H,8-11,13-14H2,1-7H3. The van der Waals surface area contributed by atoms with Gasteiger partial charge in [-0.1, -0.05) is 43.7 Å². The maximum atomic E-state index is 6.20. The van der Waals surface area contributed by atoms with Gasteiger partial charge in [-0.15, -0.1) is 5.10 Å². The molecule has 176 valence electrons. The molecule has 1 aromatic heterocycles. The lowest BCUT2D eigenvalue weighted by atomic mass is 9.87. The molecule has 0 aliphatic heterocycles. The molecule has 1 aliphatic rings. The zero-order valence-corrected chi connectivity index (χ0v) is 21.5. The van der Waals surface area contributed by atoms with Crippen LogP contribution in [-0.4, -0.2) is 20.6 Å². The molecule has 0 saturated heterocycles. The van der Waals surface area contributed by atoms with E-state index in [1.54, 1.807) is 0 Å². The molecule has 0 saturated carbocycles. The number of unbranched alkanes of at least 4 members (excludes halogenated alkanes) is 1. The Morgan fingerprint density at radius 1 is 0.909 bits per heavy atom. The topological polar surface area (TPSA) is 39.9 Å². The molecule has 0 amide bonds. The Hall–Kier alpha value is -2.62. The highest BCUT2D eigenvalue weighted by molar-refractivity contribution is 5.83. The Bertz CT molecular complexity index is 1130. The molecule has 0 radical (unpaired) electrons. The Balaban J connectivity index is 1.90. The van der Waals surface area contributed by atoms with Crippen LogP contribution in [0.3, 0.4) is 0 Å². The molecule has 4 rings (SSSR count). The third kappa shape index (κ3) is 4.85. The smallest absolute Gasteiger partial charge is 0.121 e. The minimum Gasteiger partial charge on any atom is -0.488 e. The van der Waals surface area contributed by atoms with Gasteiger partial charge in [-0.05, 0) is 102 Å². The van der Waals surface area contributed by atoms with Crippen LogP contribution in [-0.2, 0) is 24.8 Å². The average Bonchev–Trinajstić information content (AvgIpc) is 3.19. The lowest BCUT2D eigenvalue weighted by Crippen LogP contribution is -2.27. The summed E-state index contributed by atoms with van der Waals surface area (Å²) in [6.07, 6.45) is 6.52. The van der Waals surface area contributed by atoms with Gasteiger partial charge < -0.3 is 4.74 Å². The number of fused-ring (bicyclic) bond motifs is 5. The summed E-state index contributed by atoms with van der Waals surface area (Å²) < 4.78 is 8.35. The lowest BCUT2D eigenvalue weighted by Gasteiger charge is -2.27. The summed E-state index contributed by atoms with van der Waals surface area (Å²) >= 11 is 0. The van der Waals surface area contributed by atoms with E-state index < -0.39 is 0 Å². The first-order valence-electron chi connectivity index (χ1n) is 12.5. The summed E-state index contributed by atoms with van der Waals surface area (Å²) in [4.78, 5) is 0. The van der Waals surface area contributed by atoms with Crippen molar-refractivity contribution in [3.05, 3.63) is 53.1 Å². The fourth-order valence-electron chi connectivity index (χ4n) is 4.59. The molecule has 0 N–H and O–H groups in total. The van der Waals surface area contributed by atoms with Gasteiger partial charge in [0.1, 0.15) is 17.0 Å². The van der Waals surface area contributed by atoms with Gasteiger partial charge in [-0.2, -0.15) is 0 Å². The van der Waals surface area contributed by atoms with E-state index >= 15 is 0 Å². The number of aryl methyl sites for hydroxylation is 3. The summed E-state index contributed by atoms with van der Waals surface area (Å²) in [7, 11) is 0. The molecule has 3 aromatic rings. The van der Waals surface area contributed by atoms with Crippen molar-refractivity contribution in [2.75, 3.05) is 0 Å². The second-order valence-corrected chi connectivity index (χ2v) is 11.0. The normalized spacial score (nSPS) is 13.5. The highest BCUT2D eigenvalue weighted by Crippen LogP contribution is 2.41.